The molecule has 0 bridgehead atoms. The summed E-state index contributed by atoms with van der Waals surface area (Å²) < 4.78 is 4.68. The first-order valence-corrected chi connectivity index (χ1v) is 5.92. The molecule has 0 aliphatic carbocycles. The summed E-state index contributed by atoms with van der Waals surface area (Å²) in [6.45, 7) is 0. The third-order valence-corrected chi connectivity index (χ3v) is 3.10. The molecular formula is C13H15NO7. The second-order valence-corrected chi connectivity index (χ2v) is 4.45. The van der Waals surface area contributed by atoms with E-state index >= 15 is 0 Å². The molecule has 1 aromatic rings. The number of hydrogen-bond acceptors (Lipinski definition) is 7. The van der Waals surface area contributed by atoms with Crippen LogP contribution in [0, 0.1) is 0 Å². The maximum absolute atomic E-state index is 11.6. The second-order valence-electron chi connectivity index (χ2n) is 4.45. The van der Waals surface area contributed by atoms with Gasteiger partial charge >= 0.3 is 5.97 Å². The fourth-order valence-corrected chi connectivity index (χ4v) is 1.89. The zero-order chi connectivity index (χ0) is 15.8. The molecule has 0 atom stereocenters. The van der Waals surface area contributed by atoms with Crippen LogP contribution < -0.4 is 4.74 Å². The average Bonchev–Trinajstić information content (AvgIpc) is 2.61. The van der Waals surface area contributed by atoms with Gasteiger partial charge in [-0.05, 0) is 17.7 Å². The van der Waals surface area contributed by atoms with Crippen LogP contribution in [0.1, 0.15) is 11.1 Å². The molecule has 0 spiro atoms. The van der Waals surface area contributed by atoms with E-state index in [2.05, 4.69) is 4.74 Å². The Hall–Kier alpha value is -1.97. The van der Waals surface area contributed by atoms with Crippen molar-refractivity contribution in [2.75, 3.05) is 14.2 Å². The van der Waals surface area contributed by atoms with Gasteiger partial charge in [0.25, 0.3) is 11.7 Å². The number of nitrogens with zero attached hydrogens (tertiary/aromatic N) is 1. The zero-order valence-electron chi connectivity index (χ0n) is 11.3. The number of hydrogen-bond donors (Lipinski definition) is 4. The fraction of sp³-hybridized carbons (Fsp3) is 0.308. The number of ether oxygens (including phenoxy) is 1. The van der Waals surface area contributed by atoms with Crippen LogP contribution in [0.5, 0.6) is 5.75 Å². The summed E-state index contributed by atoms with van der Waals surface area (Å²) >= 11 is 0. The van der Waals surface area contributed by atoms with Crippen LogP contribution in [0.15, 0.2) is 24.3 Å². The van der Waals surface area contributed by atoms with E-state index in [1.54, 1.807) is 0 Å². The van der Waals surface area contributed by atoms with E-state index in [0.717, 1.165) is 11.1 Å². The largest absolute Gasteiger partial charge is 0.434 e. The summed E-state index contributed by atoms with van der Waals surface area (Å²) in [5, 5.41) is 39.6. The molecule has 1 aliphatic heterocycles. The Kier molecular flexibility index (Phi) is 3.74. The molecule has 8 nitrogen and oxygen atoms in total. The number of fused-ring (bicyclic) bond motifs is 1. The van der Waals surface area contributed by atoms with E-state index in [1.165, 1.54) is 38.4 Å². The highest BCUT2D eigenvalue weighted by atomic mass is 16.8. The Morgan fingerprint density at radius 1 is 1.33 bits per heavy atom. The summed E-state index contributed by atoms with van der Waals surface area (Å²) in [6.07, 6.45) is 2.41. The van der Waals surface area contributed by atoms with Gasteiger partial charge in [0.1, 0.15) is 5.75 Å². The Bertz CT molecular complexity index is 594. The maximum atomic E-state index is 11.6. The van der Waals surface area contributed by atoms with Crippen molar-refractivity contribution in [2.24, 2.45) is 0 Å². The summed E-state index contributed by atoms with van der Waals surface area (Å²) in [5.74, 6) is -6.80. The van der Waals surface area contributed by atoms with Crippen molar-refractivity contribution in [1.82, 2.24) is 5.06 Å². The van der Waals surface area contributed by atoms with Crippen LogP contribution in [0.2, 0.25) is 0 Å². The molecule has 1 aliphatic rings. The molecule has 2 rings (SSSR count). The summed E-state index contributed by atoms with van der Waals surface area (Å²) in [4.78, 5) is 16.3. The molecule has 1 aromatic carbocycles. The minimum absolute atomic E-state index is 0.111. The van der Waals surface area contributed by atoms with Crippen LogP contribution in [0.4, 0.5) is 0 Å². The summed E-state index contributed by atoms with van der Waals surface area (Å²) in [7, 11) is 2.72. The van der Waals surface area contributed by atoms with Gasteiger partial charge in [0.2, 0.25) is 0 Å². The van der Waals surface area contributed by atoms with Gasteiger partial charge in [-0.2, -0.15) is 0 Å². The minimum Gasteiger partial charge on any atom is -0.434 e. The molecule has 0 fully saturated rings. The number of amides is 1. The first-order chi connectivity index (χ1) is 9.70. The number of carbonyl (C=O) groups is 1. The summed E-state index contributed by atoms with van der Waals surface area (Å²) in [5.41, 5.74) is -0.0700. The van der Waals surface area contributed by atoms with E-state index < -0.39 is 17.7 Å². The topological polar surface area (TPSA) is 120 Å². The number of carbonyl (C=O) groups excluding carboxylic acids is 1. The molecule has 21 heavy (non-hydrogen) atoms. The van der Waals surface area contributed by atoms with E-state index in [0.29, 0.717) is 0 Å². The van der Waals surface area contributed by atoms with Crippen molar-refractivity contribution >= 4 is 12.0 Å². The highest BCUT2D eigenvalue weighted by molar-refractivity contribution is 5.91. The SMILES string of the molecule is CON(C)C(=O)/C=C/c1cccc2c1C(O)(O)C(O)(O)O2. The molecule has 1 heterocycles. The Morgan fingerprint density at radius 2 is 2.00 bits per heavy atom. The molecule has 0 saturated carbocycles. The lowest BCUT2D eigenvalue weighted by molar-refractivity contribution is -0.426. The smallest absolute Gasteiger partial charge is 0.384 e. The molecule has 0 radical (unpaired) electrons. The monoisotopic (exact) mass is 297 g/mol. The van der Waals surface area contributed by atoms with Crippen molar-refractivity contribution in [3.63, 3.8) is 0 Å². The van der Waals surface area contributed by atoms with Crippen molar-refractivity contribution in [3.05, 3.63) is 35.4 Å². The highest BCUT2D eigenvalue weighted by Gasteiger charge is 2.59. The number of likely N-dealkylation sites (N-methyl/N-ethyl adjacent to an activating group) is 1. The van der Waals surface area contributed by atoms with E-state index in [1.807, 2.05) is 0 Å². The zero-order valence-corrected chi connectivity index (χ0v) is 11.3. The third-order valence-electron chi connectivity index (χ3n) is 3.10. The van der Waals surface area contributed by atoms with Crippen LogP contribution in [0.3, 0.4) is 0 Å². The van der Waals surface area contributed by atoms with Crippen LogP contribution in [-0.2, 0) is 15.4 Å². The molecule has 8 heteroatoms. The average molecular weight is 297 g/mol. The number of aliphatic hydroxyl groups is 4. The van der Waals surface area contributed by atoms with Gasteiger partial charge in [-0.1, -0.05) is 12.1 Å². The van der Waals surface area contributed by atoms with Crippen LogP contribution in [-0.4, -0.2) is 51.5 Å². The Balaban J connectivity index is 2.40. The van der Waals surface area contributed by atoms with Crippen LogP contribution >= 0.6 is 0 Å². The van der Waals surface area contributed by atoms with E-state index in [-0.39, 0.29) is 16.9 Å². The molecule has 114 valence electrons. The van der Waals surface area contributed by atoms with Crippen LogP contribution in [0.25, 0.3) is 6.08 Å². The first-order valence-electron chi connectivity index (χ1n) is 5.92. The predicted molar refractivity (Wildman–Crippen MR) is 69.2 cm³/mol. The fourth-order valence-electron chi connectivity index (χ4n) is 1.89. The normalized spacial score (nSPS) is 18.4. The summed E-state index contributed by atoms with van der Waals surface area (Å²) in [6, 6.07) is 4.30. The lowest BCUT2D eigenvalue weighted by Crippen LogP contribution is -2.51. The van der Waals surface area contributed by atoms with Crippen molar-refractivity contribution in [1.29, 1.82) is 0 Å². The van der Waals surface area contributed by atoms with E-state index in [4.69, 9.17) is 4.84 Å². The molecular weight excluding hydrogens is 282 g/mol. The van der Waals surface area contributed by atoms with Crippen molar-refractivity contribution < 1.29 is 34.8 Å². The number of benzene rings is 1. The van der Waals surface area contributed by atoms with Gasteiger partial charge in [-0.25, -0.2) is 5.06 Å². The molecule has 4 N–H and O–H groups in total. The second kappa shape index (κ2) is 5.10. The first kappa shape index (κ1) is 15.4. The van der Waals surface area contributed by atoms with Gasteiger partial charge in [0.15, 0.2) is 0 Å². The number of rotatable bonds is 3. The molecule has 0 aromatic heterocycles. The number of hydroxylamine groups is 2. The molecule has 0 saturated heterocycles. The highest BCUT2D eigenvalue weighted by Crippen LogP contribution is 2.45. The van der Waals surface area contributed by atoms with Crippen molar-refractivity contribution in [2.45, 2.75) is 11.8 Å². The maximum Gasteiger partial charge on any atom is 0.384 e. The Morgan fingerprint density at radius 3 is 2.62 bits per heavy atom. The van der Waals surface area contributed by atoms with Gasteiger partial charge in [-0.3, -0.25) is 9.63 Å². The third kappa shape index (κ3) is 2.50. The van der Waals surface area contributed by atoms with Gasteiger partial charge in [0, 0.05) is 13.1 Å². The minimum atomic E-state index is -3.17. The standard InChI is InChI=1S/C13H15NO7/c1-14(20-2)10(15)7-6-8-4-3-5-9-11(8)12(16,17)13(18,19)21-9/h3-7,16-19H,1-2H3/b7-6+. The van der Waals surface area contributed by atoms with Gasteiger partial charge in [-0.15, -0.1) is 0 Å². The molecule has 0 unspecified atom stereocenters. The van der Waals surface area contributed by atoms with Gasteiger partial charge in [0.05, 0.1) is 12.7 Å². The van der Waals surface area contributed by atoms with Crippen molar-refractivity contribution in [3.8, 4) is 5.75 Å². The Labute approximate surface area is 120 Å². The molecule has 1 amide bonds. The predicted octanol–water partition coefficient (Wildman–Crippen LogP) is -1.11. The lowest BCUT2D eigenvalue weighted by atomic mass is 9.98. The van der Waals surface area contributed by atoms with Gasteiger partial charge < -0.3 is 25.2 Å². The lowest BCUT2D eigenvalue weighted by Gasteiger charge is -2.26. The van der Waals surface area contributed by atoms with E-state index in [9.17, 15) is 25.2 Å². The quantitative estimate of drug-likeness (QED) is 0.317.